The second-order valence-electron chi connectivity index (χ2n) is 4.78. The van der Waals surface area contributed by atoms with E-state index in [0.717, 1.165) is 11.1 Å². The van der Waals surface area contributed by atoms with Crippen LogP contribution in [0.2, 0.25) is 0 Å². The molecular formula is C16H19N5. The molecule has 0 aromatic carbocycles. The highest BCUT2D eigenvalue weighted by atomic mass is 15.2. The first-order chi connectivity index (χ1) is 10.3. The van der Waals surface area contributed by atoms with Crippen molar-refractivity contribution in [2.24, 2.45) is 5.73 Å². The van der Waals surface area contributed by atoms with Crippen LogP contribution >= 0.6 is 0 Å². The van der Waals surface area contributed by atoms with E-state index in [4.69, 9.17) is 11.0 Å². The monoisotopic (exact) mass is 281 g/mol. The quantitative estimate of drug-likeness (QED) is 0.838. The Morgan fingerprint density at radius 1 is 1.19 bits per heavy atom. The second-order valence-corrected chi connectivity index (χ2v) is 4.78. The second kappa shape index (κ2) is 8.10. The van der Waals surface area contributed by atoms with E-state index < -0.39 is 0 Å². The summed E-state index contributed by atoms with van der Waals surface area (Å²) in [5.41, 5.74) is 8.14. The Kier molecular flexibility index (Phi) is 5.83. The minimum absolute atomic E-state index is 0.0484. The summed E-state index contributed by atoms with van der Waals surface area (Å²) >= 11 is 0. The van der Waals surface area contributed by atoms with Gasteiger partial charge in [-0.05, 0) is 23.3 Å². The van der Waals surface area contributed by atoms with Gasteiger partial charge in [0.15, 0.2) is 0 Å². The van der Waals surface area contributed by atoms with Crippen molar-refractivity contribution in [3.63, 3.8) is 0 Å². The Morgan fingerprint density at radius 2 is 1.95 bits per heavy atom. The molecule has 0 bridgehead atoms. The van der Waals surface area contributed by atoms with Crippen LogP contribution in [0.5, 0.6) is 0 Å². The van der Waals surface area contributed by atoms with Crippen LogP contribution < -0.4 is 5.73 Å². The van der Waals surface area contributed by atoms with E-state index in [1.807, 2.05) is 36.7 Å². The fourth-order valence-electron chi connectivity index (χ4n) is 2.33. The van der Waals surface area contributed by atoms with E-state index in [2.05, 4.69) is 20.9 Å². The number of nitrogens with zero attached hydrogens (tertiary/aromatic N) is 4. The summed E-state index contributed by atoms with van der Waals surface area (Å²) in [6.07, 6.45) is 7.65. The molecule has 0 spiro atoms. The van der Waals surface area contributed by atoms with Gasteiger partial charge in [-0.25, -0.2) is 0 Å². The number of hydrogen-bond acceptors (Lipinski definition) is 5. The van der Waals surface area contributed by atoms with Crippen LogP contribution in [0.3, 0.4) is 0 Å². The Balaban J connectivity index is 2.19. The normalized spacial score (nSPS) is 12.0. The van der Waals surface area contributed by atoms with Crippen LogP contribution in [0.15, 0.2) is 49.1 Å². The van der Waals surface area contributed by atoms with Crippen molar-refractivity contribution < 1.29 is 0 Å². The lowest BCUT2D eigenvalue weighted by molar-refractivity contribution is 0.196. The van der Waals surface area contributed by atoms with Crippen LogP contribution in [0, 0.1) is 11.3 Å². The maximum atomic E-state index is 8.87. The molecule has 1 unspecified atom stereocenters. The molecule has 0 amide bonds. The lowest BCUT2D eigenvalue weighted by Crippen LogP contribution is -2.34. The number of aromatic nitrogens is 2. The summed E-state index contributed by atoms with van der Waals surface area (Å²) in [4.78, 5) is 10.5. The molecule has 2 rings (SSSR count). The Hall–Kier alpha value is -2.29. The van der Waals surface area contributed by atoms with Crippen LogP contribution in [0.1, 0.15) is 23.6 Å². The molecular weight excluding hydrogens is 262 g/mol. The Labute approximate surface area is 125 Å². The number of nitriles is 1. The number of nitrogens with two attached hydrogens (primary N) is 1. The molecule has 21 heavy (non-hydrogen) atoms. The zero-order valence-electron chi connectivity index (χ0n) is 11.9. The first-order valence-electron chi connectivity index (χ1n) is 6.95. The van der Waals surface area contributed by atoms with E-state index in [1.54, 1.807) is 12.4 Å². The van der Waals surface area contributed by atoms with Crippen molar-refractivity contribution in [1.29, 1.82) is 5.26 Å². The standard InChI is InChI=1S/C16H19N5/c17-6-3-9-21(13-14-4-1-7-19-11-14)16(10-18)15-5-2-8-20-12-15/h1-2,4-5,7-8,11-12,16H,3,9-10,13,18H2. The molecule has 2 heterocycles. The van der Waals surface area contributed by atoms with Gasteiger partial charge in [0.05, 0.1) is 6.07 Å². The molecule has 0 aliphatic heterocycles. The average molecular weight is 281 g/mol. The smallest absolute Gasteiger partial charge is 0.0635 e. The molecule has 5 nitrogen and oxygen atoms in total. The summed E-state index contributed by atoms with van der Waals surface area (Å²) < 4.78 is 0. The predicted octanol–water partition coefficient (Wildman–Crippen LogP) is 1.89. The highest BCUT2D eigenvalue weighted by Gasteiger charge is 2.19. The lowest BCUT2D eigenvalue weighted by atomic mass is 10.1. The van der Waals surface area contributed by atoms with Crippen molar-refractivity contribution in [1.82, 2.24) is 14.9 Å². The molecule has 2 aromatic rings. The molecule has 2 aromatic heterocycles. The van der Waals surface area contributed by atoms with Crippen molar-refractivity contribution in [2.45, 2.75) is 19.0 Å². The fourth-order valence-corrected chi connectivity index (χ4v) is 2.33. The van der Waals surface area contributed by atoms with Gasteiger partial charge < -0.3 is 5.73 Å². The largest absolute Gasteiger partial charge is 0.329 e. The number of rotatable bonds is 7. The third-order valence-corrected chi connectivity index (χ3v) is 3.35. The van der Waals surface area contributed by atoms with E-state index in [0.29, 0.717) is 26.1 Å². The first kappa shape index (κ1) is 15.1. The molecule has 0 saturated heterocycles. The fraction of sp³-hybridized carbons (Fsp3) is 0.312. The van der Waals surface area contributed by atoms with Gasteiger partial charge in [0, 0.05) is 56.9 Å². The van der Waals surface area contributed by atoms with Gasteiger partial charge in [-0.15, -0.1) is 0 Å². The van der Waals surface area contributed by atoms with Gasteiger partial charge in [-0.1, -0.05) is 12.1 Å². The molecule has 0 fully saturated rings. The highest BCUT2D eigenvalue weighted by Crippen LogP contribution is 2.21. The zero-order valence-corrected chi connectivity index (χ0v) is 11.9. The van der Waals surface area contributed by atoms with E-state index >= 15 is 0 Å². The average Bonchev–Trinajstić information content (AvgIpc) is 2.55. The molecule has 2 N–H and O–H groups in total. The lowest BCUT2D eigenvalue weighted by Gasteiger charge is -2.30. The third kappa shape index (κ3) is 4.35. The van der Waals surface area contributed by atoms with Crippen molar-refractivity contribution in [2.75, 3.05) is 13.1 Å². The summed E-state index contributed by atoms with van der Waals surface area (Å²) in [5.74, 6) is 0. The first-order valence-corrected chi connectivity index (χ1v) is 6.95. The number of pyridine rings is 2. The maximum Gasteiger partial charge on any atom is 0.0635 e. The molecule has 5 heteroatoms. The van der Waals surface area contributed by atoms with Gasteiger partial charge in [0.1, 0.15) is 0 Å². The summed E-state index contributed by atoms with van der Waals surface area (Å²) in [6.45, 7) is 1.87. The van der Waals surface area contributed by atoms with Gasteiger partial charge in [0.25, 0.3) is 0 Å². The van der Waals surface area contributed by atoms with Crippen molar-refractivity contribution in [3.05, 3.63) is 60.2 Å². The SMILES string of the molecule is N#CCCN(Cc1cccnc1)C(CN)c1cccnc1. The van der Waals surface area contributed by atoms with Crippen LogP contribution in [0.4, 0.5) is 0 Å². The topological polar surface area (TPSA) is 78.8 Å². The maximum absolute atomic E-state index is 8.87. The van der Waals surface area contributed by atoms with E-state index in [-0.39, 0.29) is 6.04 Å². The Morgan fingerprint density at radius 3 is 2.52 bits per heavy atom. The van der Waals surface area contributed by atoms with Crippen LogP contribution in [0.25, 0.3) is 0 Å². The molecule has 0 saturated carbocycles. The number of hydrogen-bond donors (Lipinski definition) is 1. The van der Waals surface area contributed by atoms with Crippen molar-refractivity contribution in [3.8, 4) is 6.07 Å². The van der Waals surface area contributed by atoms with E-state index in [9.17, 15) is 0 Å². The summed E-state index contributed by atoms with van der Waals surface area (Å²) in [7, 11) is 0. The third-order valence-electron chi connectivity index (χ3n) is 3.35. The van der Waals surface area contributed by atoms with Crippen LogP contribution in [-0.4, -0.2) is 28.0 Å². The molecule has 0 radical (unpaired) electrons. The van der Waals surface area contributed by atoms with Gasteiger partial charge in [0.2, 0.25) is 0 Å². The van der Waals surface area contributed by atoms with Gasteiger partial charge >= 0.3 is 0 Å². The Bertz CT molecular complexity index is 564. The summed E-state index contributed by atoms with van der Waals surface area (Å²) in [6, 6.07) is 10.1. The minimum Gasteiger partial charge on any atom is -0.329 e. The molecule has 1 atom stereocenters. The van der Waals surface area contributed by atoms with Gasteiger partial charge in [-0.2, -0.15) is 5.26 Å². The molecule has 0 aliphatic rings. The van der Waals surface area contributed by atoms with Crippen LogP contribution in [-0.2, 0) is 6.54 Å². The zero-order chi connectivity index (χ0) is 14.9. The molecule has 108 valence electrons. The van der Waals surface area contributed by atoms with Gasteiger partial charge in [-0.3, -0.25) is 14.9 Å². The minimum atomic E-state index is 0.0484. The summed E-state index contributed by atoms with van der Waals surface area (Å²) in [5, 5.41) is 8.87. The molecule has 0 aliphatic carbocycles. The van der Waals surface area contributed by atoms with E-state index in [1.165, 1.54) is 0 Å². The van der Waals surface area contributed by atoms with Crippen molar-refractivity contribution >= 4 is 0 Å². The predicted molar refractivity (Wildman–Crippen MR) is 80.9 cm³/mol. The highest BCUT2D eigenvalue weighted by molar-refractivity contribution is 5.16.